The Kier molecular flexibility index (Phi) is 8.71. The van der Waals surface area contributed by atoms with Crippen molar-refractivity contribution in [2.45, 2.75) is 38.5 Å². The van der Waals surface area contributed by atoms with E-state index in [1.807, 2.05) is 0 Å². The fourth-order valence-electron chi connectivity index (χ4n) is 2.42. The summed E-state index contributed by atoms with van der Waals surface area (Å²) in [6.45, 7) is 0. The van der Waals surface area contributed by atoms with Gasteiger partial charge in [0.2, 0.25) is 0 Å². The molecule has 1 aromatic rings. The molecule has 0 N–H and O–H groups in total. The summed E-state index contributed by atoms with van der Waals surface area (Å²) in [6.07, 6.45) is 4.82. The van der Waals surface area contributed by atoms with Gasteiger partial charge in [0.15, 0.2) is 0 Å². The molecule has 0 aliphatic heterocycles. The number of carbonyl (C=O) groups is 2. The minimum absolute atomic E-state index is 0.217. The van der Waals surface area contributed by atoms with Crippen LogP contribution in [0.2, 0.25) is 0 Å². The molecule has 0 spiro atoms. The van der Waals surface area contributed by atoms with Crippen LogP contribution < -0.4 is 10.2 Å². The van der Waals surface area contributed by atoms with Gasteiger partial charge in [0, 0.05) is 21.8 Å². The highest BCUT2D eigenvalue weighted by molar-refractivity contribution is 9.09. The van der Waals surface area contributed by atoms with Crippen molar-refractivity contribution < 1.29 is 19.8 Å². The van der Waals surface area contributed by atoms with E-state index in [4.69, 9.17) is 0 Å². The molecule has 0 aromatic heterocycles. The van der Waals surface area contributed by atoms with Gasteiger partial charge in [0.1, 0.15) is 0 Å². The van der Waals surface area contributed by atoms with E-state index >= 15 is 0 Å². The Morgan fingerprint density at radius 2 is 1.45 bits per heavy atom. The number of halogens is 2. The van der Waals surface area contributed by atoms with E-state index in [2.05, 4.69) is 31.9 Å². The average molecular weight is 434 g/mol. The van der Waals surface area contributed by atoms with Crippen LogP contribution in [-0.2, 0) is 12.8 Å². The van der Waals surface area contributed by atoms with Crippen molar-refractivity contribution in [2.24, 2.45) is 0 Å². The second kappa shape index (κ2) is 10.0. The van der Waals surface area contributed by atoms with Crippen molar-refractivity contribution in [3.05, 3.63) is 34.4 Å². The summed E-state index contributed by atoms with van der Waals surface area (Å²) in [5.74, 6) is -2.93. The molecule has 0 unspecified atom stereocenters. The molecule has 22 heavy (non-hydrogen) atoms. The van der Waals surface area contributed by atoms with E-state index < -0.39 is 11.9 Å². The number of carboxylic acid groups (broad SMARTS) is 2. The molecule has 0 atom stereocenters. The quantitative estimate of drug-likeness (QED) is 0.416. The zero-order valence-corrected chi connectivity index (χ0v) is 15.4. The first-order chi connectivity index (χ1) is 10.5. The largest absolute Gasteiger partial charge is 0.545 e. The van der Waals surface area contributed by atoms with E-state index in [1.54, 1.807) is 6.07 Å². The Labute approximate surface area is 147 Å². The molecular weight excluding hydrogens is 416 g/mol. The minimum atomic E-state index is -1.48. The van der Waals surface area contributed by atoms with Gasteiger partial charge in [0.25, 0.3) is 0 Å². The molecule has 4 nitrogen and oxygen atoms in total. The van der Waals surface area contributed by atoms with Crippen molar-refractivity contribution >= 4 is 43.8 Å². The number of alkyl halides is 2. The highest BCUT2D eigenvalue weighted by Gasteiger charge is 2.15. The molecule has 0 saturated heterocycles. The Hall–Kier alpha value is -0.880. The summed E-state index contributed by atoms with van der Waals surface area (Å²) in [7, 11) is 0. The van der Waals surface area contributed by atoms with Crippen molar-refractivity contribution in [2.75, 3.05) is 10.7 Å². The van der Waals surface area contributed by atoms with Crippen LogP contribution in [0.5, 0.6) is 0 Å². The first-order valence-corrected chi connectivity index (χ1v) is 9.46. The number of aryl methyl sites for hydroxylation is 1. The van der Waals surface area contributed by atoms with Gasteiger partial charge in [-0.15, -0.1) is 0 Å². The summed E-state index contributed by atoms with van der Waals surface area (Å²) in [5, 5.41) is 24.3. The van der Waals surface area contributed by atoms with Crippen LogP contribution in [0.3, 0.4) is 0 Å². The molecular formula is C16H18Br2O4-2. The lowest BCUT2D eigenvalue weighted by Crippen LogP contribution is -2.31. The first-order valence-electron chi connectivity index (χ1n) is 7.22. The number of carbonyl (C=O) groups excluding carboxylic acids is 2. The highest BCUT2D eigenvalue weighted by atomic mass is 79.9. The molecule has 0 amide bonds. The number of benzene rings is 1. The number of unbranched alkanes of at least 4 members (excludes halogenated alkanes) is 2. The molecule has 0 bridgehead atoms. The molecule has 0 aliphatic rings. The molecule has 0 fully saturated rings. The van der Waals surface area contributed by atoms with Gasteiger partial charge < -0.3 is 19.8 Å². The third-order valence-corrected chi connectivity index (χ3v) is 4.60. The second-order valence-corrected chi connectivity index (χ2v) is 6.58. The van der Waals surface area contributed by atoms with Crippen LogP contribution in [0.1, 0.15) is 57.5 Å². The number of carboxylic acids is 2. The Bertz CT molecular complexity index is 529. The third-order valence-electron chi connectivity index (χ3n) is 3.47. The SMILES string of the molecule is O=C([O-])c1ccc(CCCCBr)c(CCCCBr)c1C(=O)[O-]. The van der Waals surface area contributed by atoms with Gasteiger partial charge >= 0.3 is 0 Å². The number of aromatic carboxylic acids is 2. The van der Waals surface area contributed by atoms with Crippen LogP contribution in [-0.4, -0.2) is 22.6 Å². The molecule has 1 rings (SSSR count). The van der Waals surface area contributed by atoms with Crippen molar-refractivity contribution in [1.29, 1.82) is 0 Å². The van der Waals surface area contributed by atoms with Crippen LogP contribution in [0.4, 0.5) is 0 Å². The third kappa shape index (κ3) is 5.39. The summed E-state index contributed by atoms with van der Waals surface area (Å²) in [6, 6.07) is 3.02. The van der Waals surface area contributed by atoms with E-state index in [-0.39, 0.29) is 11.1 Å². The van der Waals surface area contributed by atoms with Gasteiger partial charge in [0.05, 0.1) is 11.9 Å². The average Bonchev–Trinajstić information content (AvgIpc) is 2.47. The standard InChI is InChI=1S/C16H20Br2O4/c17-9-3-1-5-11-7-8-13(15(19)20)14(16(21)22)12(11)6-2-4-10-18/h7-8H,1-6,9-10H2,(H,19,20)(H,21,22)/p-2. The Morgan fingerprint density at radius 3 is 1.95 bits per heavy atom. The van der Waals surface area contributed by atoms with Gasteiger partial charge in [-0.1, -0.05) is 44.0 Å². The van der Waals surface area contributed by atoms with Crippen molar-refractivity contribution in [3.8, 4) is 0 Å². The maximum Gasteiger partial charge on any atom is 0.0724 e. The lowest BCUT2D eigenvalue weighted by Gasteiger charge is -2.20. The van der Waals surface area contributed by atoms with E-state index in [0.717, 1.165) is 48.3 Å². The Morgan fingerprint density at radius 1 is 0.864 bits per heavy atom. The predicted molar refractivity (Wildman–Crippen MR) is 88.6 cm³/mol. The monoisotopic (exact) mass is 432 g/mol. The van der Waals surface area contributed by atoms with Crippen LogP contribution in [0, 0.1) is 0 Å². The fraction of sp³-hybridized carbons (Fsp3) is 0.500. The highest BCUT2D eigenvalue weighted by Crippen LogP contribution is 2.23. The molecule has 0 heterocycles. The topological polar surface area (TPSA) is 80.3 Å². The minimum Gasteiger partial charge on any atom is -0.545 e. The molecule has 122 valence electrons. The first kappa shape index (κ1) is 19.2. The number of rotatable bonds is 10. The fourth-order valence-corrected chi connectivity index (χ4v) is 3.21. The zero-order valence-electron chi connectivity index (χ0n) is 12.2. The summed E-state index contributed by atoms with van der Waals surface area (Å²) >= 11 is 6.71. The summed E-state index contributed by atoms with van der Waals surface area (Å²) < 4.78 is 0. The molecule has 6 heteroatoms. The second-order valence-electron chi connectivity index (χ2n) is 4.99. The molecule has 0 saturated carbocycles. The maximum atomic E-state index is 11.4. The van der Waals surface area contributed by atoms with Gasteiger partial charge in [-0.2, -0.15) is 0 Å². The Balaban J connectivity index is 3.21. The lowest BCUT2D eigenvalue weighted by atomic mass is 9.90. The zero-order chi connectivity index (χ0) is 16.5. The van der Waals surface area contributed by atoms with Crippen LogP contribution in [0.15, 0.2) is 12.1 Å². The smallest absolute Gasteiger partial charge is 0.0724 e. The van der Waals surface area contributed by atoms with E-state index in [9.17, 15) is 19.8 Å². The van der Waals surface area contributed by atoms with E-state index in [0.29, 0.717) is 12.0 Å². The number of hydrogen-bond donors (Lipinski definition) is 0. The summed E-state index contributed by atoms with van der Waals surface area (Å²) in [5.41, 5.74) is 0.959. The predicted octanol–water partition coefficient (Wildman–Crippen LogP) is 1.85. The van der Waals surface area contributed by atoms with Crippen molar-refractivity contribution in [3.63, 3.8) is 0 Å². The van der Waals surface area contributed by atoms with Crippen molar-refractivity contribution in [1.82, 2.24) is 0 Å². The lowest BCUT2D eigenvalue weighted by molar-refractivity contribution is -0.259. The number of hydrogen-bond acceptors (Lipinski definition) is 4. The molecule has 1 aromatic carbocycles. The van der Waals surface area contributed by atoms with E-state index in [1.165, 1.54) is 6.07 Å². The summed E-state index contributed by atoms with van der Waals surface area (Å²) in [4.78, 5) is 22.6. The van der Waals surface area contributed by atoms with Crippen LogP contribution >= 0.6 is 31.9 Å². The normalized spacial score (nSPS) is 10.6. The molecule has 0 aliphatic carbocycles. The van der Waals surface area contributed by atoms with Crippen LogP contribution in [0.25, 0.3) is 0 Å². The van der Waals surface area contributed by atoms with Gasteiger partial charge in [-0.05, 0) is 49.7 Å². The van der Waals surface area contributed by atoms with Gasteiger partial charge in [-0.25, -0.2) is 0 Å². The molecule has 0 radical (unpaired) electrons. The van der Waals surface area contributed by atoms with Gasteiger partial charge in [-0.3, -0.25) is 0 Å². The maximum absolute atomic E-state index is 11.4.